The summed E-state index contributed by atoms with van der Waals surface area (Å²) in [6, 6.07) is 16.2. The normalized spacial score (nSPS) is 12.2. The average Bonchev–Trinajstić information content (AvgIpc) is 2.46. The minimum Gasteiger partial charge on any atom is -0.495 e. The fourth-order valence-electron chi connectivity index (χ4n) is 2.18. The fraction of sp³-hybridized carbons (Fsp3) is 0.250. The lowest BCUT2D eigenvalue weighted by Gasteiger charge is -2.16. The summed E-state index contributed by atoms with van der Waals surface area (Å²) in [7, 11) is 1.62. The van der Waals surface area contributed by atoms with Gasteiger partial charge in [0.1, 0.15) is 5.75 Å². The summed E-state index contributed by atoms with van der Waals surface area (Å²) in [5.41, 5.74) is 8.32. The molecule has 1 unspecified atom stereocenters. The van der Waals surface area contributed by atoms with Crippen molar-refractivity contribution in [2.45, 2.75) is 12.3 Å². The molecule has 0 spiro atoms. The maximum Gasteiger partial charge on any atom is 0.137 e. The number of halogens is 1. The van der Waals surface area contributed by atoms with Crippen LogP contribution in [0, 0.1) is 0 Å². The van der Waals surface area contributed by atoms with Gasteiger partial charge in [-0.2, -0.15) is 0 Å². The summed E-state index contributed by atoms with van der Waals surface area (Å²) in [5.74, 6) is 1.01. The zero-order valence-electron chi connectivity index (χ0n) is 11.0. The first-order valence-electron chi connectivity index (χ1n) is 6.32. The second kappa shape index (κ2) is 6.60. The Labute approximate surface area is 119 Å². The van der Waals surface area contributed by atoms with Crippen molar-refractivity contribution in [1.29, 1.82) is 0 Å². The summed E-state index contributed by atoms with van der Waals surface area (Å²) in [6.45, 7) is 0.619. The highest BCUT2D eigenvalue weighted by atomic mass is 35.5. The van der Waals surface area contributed by atoms with E-state index < -0.39 is 0 Å². The number of benzene rings is 2. The van der Waals surface area contributed by atoms with Crippen molar-refractivity contribution in [3.8, 4) is 5.75 Å². The summed E-state index contributed by atoms with van der Waals surface area (Å²) >= 11 is 6.15. The molecule has 0 saturated carbocycles. The molecule has 0 amide bonds. The second-order valence-electron chi connectivity index (χ2n) is 4.52. The molecule has 0 aliphatic carbocycles. The van der Waals surface area contributed by atoms with Crippen molar-refractivity contribution in [3.63, 3.8) is 0 Å². The highest BCUT2D eigenvalue weighted by Gasteiger charge is 2.11. The minimum atomic E-state index is 0.311. The van der Waals surface area contributed by atoms with Crippen LogP contribution in [0.25, 0.3) is 0 Å². The Balaban J connectivity index is 2.17. The molecular weight excluding hydrogens is 258 g/mol. The van der Waals surface area contributed by atoms with Crippen LogP contribution in [0.4, 0.5) is 0 Å². The lowest BCUT2D eigenvalue weighted by atomic mass is 9.92. The molecule has 100 valence electrons. The van der Waals surface area contributed by atoms with Gasteiger partial charge in [0.05, 0.1) is 12.1 Å². The van der Waals surface area contributed by atoms with E-state index in [1.165, 1.54) is 11.1 Å². The SMILES string of the molecule is COc1ccc(CC(CN)c2ccccc2)cc1Cl. The number of ether oxygens (including phenoxy) is 1. The summed E-state index contributed by atoms with van der Waals surface area (Å²) in [5, 5.41) is 0.642. The Morgan fingerprint density at radius 3 is 2.47 bits per heavy atom. The monoisotopic (exact) mass is 275 g/mol. The molecule has 0 heterocycles. The topological polar surface area (TPSA) is 35.2 Å². The van der Waals surface area contributed by atoms with Gasteiger partial charge in [-0.05, 0) is 36.2 Å². The Bertz CT molecular complexity index is 528. The molecule has 0 saturated heterocycles. The van der Waals surface area contributed by atoms with Gasteiger partial charge >= 0.3 is 0 Å². The Morgan fingerprint density at radius 2 is 1.89 bits per heavy atom. The molecule has 2 aromatic carbocycles. The molecule has 0 fully saturated rings. The maximum absolute atomic E-state index is 6.15. The van der Waals surface area contributed by atoms with Gasteiger partial charge in [-0.3, -0.25) is 0 Å². The van der Waals surface area contributed by atoms with E-state index in [2.05, 4.69) is 12.1 Å². The fourth-order valence-corrected chi connectivity index (χ4v) is 2.46. The van der Waals surface area contributed by atoms with Gasteiger partial charge < -0.3 is 10.5 Å². The number of rotatable bonds is 5. The third-order valence-corrected chi connectivity index (χ3v) is 3.55. The number of nitrogens with two attached hydrogens (primary N) is 1. The highest BCUT2D eigenvalue weighted by molar-refractivity contribution is 6.32. The van der Waals surface area contributed by atoms with Crippen molar-refractivity contribution >= 4 is 11.6 Å². The maximum atomic E-state index is 6.15. The largest absolute Gasteiger partial charge is 0.495 e. The Morgan fingerprint density at radius 1 is 1.16 bits per heavy atom. The first-order chi connectivity index (χ1) is 9.24. The molecule has 19 heavy (non-hydrogen) atoms. The zero-order chi connectivity index (χ0) is 13.7. The van der Waals surface area contributed by atoms with Gasteiger partial charge in [0.15, 0.2) is 0 Å². The van der Waals surface area contributed by atoms with E-state index in [0.717, 1.165) is 6.42 Å². The lowest BCUT2D eigenvalue weighted by Crippen LogP contribution is -2.15. The molecule has 3 heteroatoms. The van der Waals surface area contributed by atoms with Crippen LogP contribution in [0.3, 0.4) is 0 Å². The van der Waals surface area contributed by atoms with Crippen molar-refractivity contribution in [2.75, 3.05) is 13.7 Å². The van der Waals surface area contributed by atoms with Crippen LogP contribution in [0.15, 0.2) is 48.5 Å². The van der Waals surface area contributed by atoms with Gasteiger partial charge in [0.25, 0.3) is 0 Å². The number of hydrogen-bond donors (Lipinski definition) is 1. The molecular formula is C16H18ClNO. The molecule has 2 nitrogen and oxygen atoms in total. The summed E-state index contributed by atoms with van der Waals surface area (Å²) < 4.78 is 5.16. The van der Waals surface area contributed by atoms with Crippen molar-refractivity contribution in [1.82, 2.24) is 0 Å². The number of methoxy groups -OCH3 is 1. The average molecular weight is 276 g/mol. The molecule has 2 aromatic rings. The molecule has 0 aliphatic rings. The predicted molar refractivity (Wildman–Crippen MR) is 79.9 cm³/mol. The van der Waals surface area contributed by atoms with Crippen LogP contribution < -0.4 is 10.5 Å². The third kappa shape index (κ3) is 3.49. The second-order valence-corrected chi connectivity index (χ2v) is 4.92. The van der Waals surface area contributed by atoms with Crippen molar-refractivity contribution in [2.24, 2.45) is 5.73 Å². The van der Waals surface area contributed by atoms with Gasteiger partial charge in [0, 0.05) is 5.92 Å². The van der Waals surface area contributed by atoms with E-state index >= 15 is 0 Å². The molecule has 0 bridgehead atoms. The van der Waals surface area contributed by atoms with E-state index in [9.17, 15) is 0 Å². The van der Waals surface area contributed by atoms with Crippen LogP contribution in [-0.4, -0.2) is 13.7 Å². The molecule has 0 aromatic heterocycles. The summed E-state index contributed by atoms with van der Waals surface area (Å²) in [6.07, 6.45) is 0.879. The van der Waals surface area contributed by atoms with Crippen LogP contribution in [0.5, 0.6) is 5.75 Å². The van der Waals surface area contributed by atoms with Crippen LogP contribution in [-0.2, 0) is 6.42 Å². The Kier molecular flexibility index (Phi) is 4.83. The molecule has 2 N–H and O–H groups in total. The van der Waals surface area contributed by atoms with Crippen LogP contribution >= 0.6 is 11.6 Å². The summed E-state index contributed by atoms with van der Waals surface area (Å²) in [4.78, 5) is 0. The quantitative estimate of drug-likeness (QED) is 0.904. The van der Waals surface area contributed by atoms with E-state index in [1.54, 1.807) is 7.11 Å². The van der Waals surface area contributed by atoms with Crippen LogP contribution in [0.1, 0.15) is 17.0 Å². The van der Waals surface area contributed by atoms with E-state index in [1.807, 2.05) is 36.4 Å². The smallest absolute Gasteiger partial charge is 0.137 e. The first kappa shape index (κ1) is 13.9. The van der Waals surface area contributed by atoms with E-state index in [-0.39, 0.29) is 0 Å². The van der Waals surface area contributed by atoms with Gasteiger partial charge in [-0.1, -0.05) is 48.0 Å². The molecule has 2 rings (SSSR count). The molecule has 1 atom stereocenters. The van der Waals surface area contributed by atoms with E-state index in [4.69, 9.17) is 22.1 Å². The minimum absolute atomic E-state index is 0.311. The van der Waals surface area contributed by atoms with Gasteiger partial charge in [0.2, 0.25) is 0 Å². The van der Waals surface area contributed by atoms with Crippen molar-refractivity contribution in [3.05, 3.63) is 64.7 Å². The highest BCUT2D eigenvalue weighted by Crippen LogP contribution is 2.27. The van der Waals surface area contributed by atoms with Crippen molar-refractivity contribution < 1.29 is 4.74 Å². The van der Waals surface area contributed by atoms with Gasteiger partial charge in [-0.15, -0.1) is 0 Å². The van der Waals surface area contributed by atoms with Gasteiger partial charge in [-0.25, -0.2) is 0 Å². The first-order valence-corrected chi connectivity index (χ1v) is 6.70. The molecule has 0 aliphatic heterocycles. The molecule has 0 radical (unpaired) electrons. The number of hydrogen-bond acceptors (Lipinski definition) is 2. The third-order valence-electron chi connectivity index (χ3n) is 3.25. The van der Waals surface area contributed by atoms with Crippen LogP contribution in [0.2, 0.25) is 5.02 Å². The lowest BCUT2D eigenvalue weighted by molar-refractivity contribution is 0.415. The predicted octanol–water partition coefficient (Wildman–Crippen LogP) is 3.63. The van der Waals surface area contributed by atoms with E-state index in [0.29, 0.717) is 23.2 Å². The standard InChI is InChI=1S/C16H18ClNO/c1-19-16-8-7-12(10-15(16)17)9-14(11-18)13-5-3-2-4-6-13/h2-8,10,14H,9,11,18H2,1H3. The Hall–Kier alpha value is -1.51. The zero-order valence-corrected chi connectivity index (χ0v) is 11.7.